The molecular weight excluding hydrogens is 391 g/mol. The summed E-state index contributed by atoms with van der Waals surface area (Å²) in [4.78, 5) is 16.7. The largest absolute Gasteiger partial charge is 0.494 e. The molecule has 0 bridgehead atoms. The number of amides is 1. The molecule has 1 aromatic rings. The fourth-order valence-electron chi connectivity index (χ4n) is 4.71. The fourth-order valence-corrected chi connectivity index (χ4v) is 4.71. The molecule has 170 valence electrons. The van der Waals surface area contributed by atoms with Crippen LogP contribution in [0.1, 0.15) is 54.0 Å². The minimum atomic E-state index is -0.437. The molecule has 0 saturated carbocycles. The molecule has 3 fully saturated rings. The lowest BCUT2D eigenvalue weighted by atomic mass is 9.79. The first-order chi connectivity index (χ1) is 14.3. The van der Waals surface area contributed by atoms with Crippen LogP contribution in [-0.2, 0) is 20.6 Å². The molecule has 6 nitrogen and oxygen atoms in total. The van der Waals surface area contributed by atoms with Crippen molar-refractivity contribution in [1.82, 2.24) is 9.80 Å². The van der Waals surface area contributed by atoms with Crippen LogP contribution in [0.3, 0.4) is 0 Å². The molecule has 0 aliphatic carbocycles. The zero-order chi connectivity index (χ0) is 22.6. The van der Waals surface area contributed by atoms with Crippen LogP contribution in [0, 0.1) is 11.8 Å². The van der Waals surface area contributed by atoms with Crippen LogP contribution in [0.5, 0.6) is 0 Å². The van der Waals surface area contributed by atoms with E-state index in [1.807, 2.05) is 25.7 Å². The maximum atomic E-state index is 12.4. The molecule has 3 aliphatic heterocycles. The number of fused-ring (bicyclic) bond motifs is 1. The molecule has 1 amide bonds. The van der Waals surface area contributed by atoms with Gasteiger partial charge in [-0.3, -0.25) is 4.90 Å². The molecule has 1 aromatic carbocycles. The zero-order valence-corrected chi connectivity index (χ0v) is 20.1. The lowest BCUT2D eigenvalue weighted by molar-refractivity contribution is 0.00578. The molecule has 31 heavy (non-hydrogen) atoms. The number of carbonyl (C=O) groups excluding carboxylic acids is 1. The van der Waals surface area contributed by atoms with E-state index in [2.05, 4.69) is 56.9 Å². The van der Waals surface area contributed by atoms with Gasteiger partial charge in [0, 0.05) is 32.7 Å². The Morgan fingerprint density at radius 3 is 2.00 bits per heavy atom. The summed E-state index contributed by atoms with van der Waals surface area (Å²) in [6.07, 6.45) is -0.174. The van der Waals surface area contributed by atoms with Gasteiger partial charge in [0.15, 0.2) is 0 Å². The quantitative estimate of drug-likeness (QED) is 0.692. The third-order valence-corrected chi connectivity index (χ3v) is 7.12. The van der Waals surface area contributed by atoms with E-state index in [1.165, 1.54) is 5.56 Å². The van der Waals surface area contributed by atoms with Crippen molar-refractivity contribution in [2.24, 2.45) is 11.8 Å². The summed E-state index contributed by atoms with van der Waals surface area (Å²) in [5.74, 6) is 1.08. The maximum Gasteiger partial charge on any atom is 0.494 e. The van der Waals surface area contributed by atoms with E-state index >= 15 is 0 Å². The predicted octanol–water partition coefficient (Wildman–Crippen LogP) is 3.28. The van der Waals surface area contributed by atoms with Gasteiger partial charge in [-0.1, -0.05) is 24.3 Å². The molecule has 0 N–H and O–H groups in total. The minimum Gasteiger partial charge on any atom is -0.444 e. The maximum absolute atomic E-state index is 12.4. The van der Waals surface area contributed by atoms with Crippen molar-refractivity contribution < 1.29 is 18.8 Å². The monoisotopic (exact) mass is 428 g/mol. The highest BCUT2D eigenvalue weighted by molar-refractivity contribution is 6.62. The summed E-state index contributed by atoms with van der Waals surface area (Å²) < 4.78 is 17.9. The molecule has 2 unspecified atom stereocenters. The number of hydrogen-bond acceptors (Lipinski definition) is 5. The summed E-state index contributed by atoms with van der Waals surface area (Å²) in [6, 6.07) is 8.61. The molecule has 3 saturated heterocycles. The molecule has 0 aromatic heterocycles. The standard InChI is InChI=1S/C24H37BN2O4/c1-22(2,3)29-21(28)27-15-18-13-26(14-19(18)16-27)12-17-8-10-20(11-9-17)25-30-23(4,5)24(6,7)31-25/h8-11,18-19H,12-16H2,1-7H3. The van der Waals surface area contributed by atoms with Crippen LogP contribution >= 0.6 is 0 Å². The number of hydrogen-bond donors (Lipinski definition) is 0. The highest BCUT2D eigenvalue weighted by Gasteiger charge is 2.51. The van der Waals surface area contributed by atoms with Gasteiger partial charge in [-0.2, -0.15) is 0 Å². The lowest BCUT2D eigenvalue weighted by Gasteiger charge is -2.32. The second-order valence-corrected chi connectivity index (χ2v) is 11.4. The van der Waals surface area contributed by atoms with Crippen molar-refractivity contribution in [2.75, 3.05) is 26.2 Å². The lowest BCUT2D eigenvalue weighted by Crippen LogP contribution is -2.41. The first kappa shape index (κ1) is 22.6. The van der Waals surface area contributed by atoms with Crippen LogP contribution in [0.4, 0.5) is 4.79 Å². The Hall–Kier alpha value is -1.57. The number of ether oxygens (including phenoxy) is 1. The Morgan fingerprint density at radius 2 is 1.52 bits per heavy atom. The van der Waals surface area contributed by atoms with Crippen LogP contribution in [-0.4, -0.2) is 66.0 Å². The van der Waals surface area contributed by atoms with E-state index in [1.54, 1.807) is 0 Å². The van der Waals surface area contributed by atoms with Crippen molar-refractivity contribution in [1.29, 1.82) is 0 Å². The van der Waals surface area contributed by atoms with E-state index < -0.39 is 5.60 Å². The molecule has 3 aliphatic rings. The highest BCUT2D eigenvalue weighted by atomic mass is 16.7. The van der Waals surface area contributed by atoms with Gasteiger partial charge in [0.05, 0.1) is 11.2 Å². The van der Waals surface area contributed by atoms with Gasteiger partial charge in [0.2, 0.25) is 0 Å². The molecular formula is C24H37BN2O4. The summed E-state index contributed by atoms with van der Waals surface area (Å²) in [5, 5.41) is 0. The van der Waals surface area contributed by atoms with Gasteiger partial charge < -0.3 is 18.9 Å². The predicted molar refractivity (Wildman–Crippen MR) is 122 cm³/mol. The van der Waals surface area contributed by atoms with Crippen molar-refractivity contribution in [3.8, 4) is 0 Å². The summed E-state index contributed by atoms with van der Waals surface area (Å²) >= 11 is 0. The van der Waals surface area contributed by atoms with E-state index in [0.29, 0.717) is 11.8 Å². The third kappa shape index (κ3) is 4.79. The van der Waals surface area contributed by atoms with Gasteiger partial charge in [-0.15, -0.1) is 0 Å². The van der Waals surface area contributed by atoms with Crippen molar-refractivity contribution in [3.05, 3.63) is 29.8 Å². The Kier molecular flexibility index (Phi) is 5.68. The summed E-state index contributed by atoms with van der Waals surface area (Å²) in [5.41, 5.74) is 1.28. The Balaban J connectivity index is 1.29. The Morgan fingerprint density at radius 1 is 1.00 bits per heavy atom. The highest BCUT2D eigenvalue weighted by Crippen LogP contribution is 2.36. The van der Waals surface area contributed by atoms with E-state index in [4.69, 9.17) is 14.0 Å². The number of carbonyl (C=O) groups is 1. The number of rotatable bonds is 3. The average Bonchev–Trinajstić information content (AvgIpc) is 3.24. The number of likely N-dealkylation sites (tertiary alicyclic amines) is 2. The second-order valence-electron chi connectivity index (χ2n) is 11.4. The fraction of sp³-hybridized carbons (Fsp3) is 0.708. The summed E-state index contributed by atoms with van der Waals surface area (Å²) in [7, 11) is -0.316. The molecule has 7 heteroatoms. The van der Waals surface area contributed by atoms with Crippen molar-refractivity contribution in [2.45, 2.75) is 71.8 Å². The van der Waals surface area contributed by atoms with E-state index in [-0.39, 0.29) is 24.4 Å². The van der Waals surface area contributed by atoms with Crippen LogP contribution in [0.2, 0.25) is 0 Å². The molecule has 2 atom stereocenters. The van der Waals surface area contributed by atoms with Crippen LogP contribution in [0.15, 0.2) is 24.3 Å². The SMILES string of the molecule is CC(C)(C)OC(=O)N1CC2CN(Cc3ccc(B4OC(C)(C)C(C)(C)O4)cc3)CC2C1. The first-order valence-electron chi connectivity index (χ1n) is 11.5. The van der Waals surface area contributed by atoms with Crippen molar-refractivity contribution in [3.63, 3.8) is 0 Å². The third-order valence-electron chi connectivity index (χ3n) is 7.12. The van der Waals surface area contributed by atoms with Crippen LogP contribution < -0.4 is 5.46 Å². The summed E-state index contributed by atoms with van der Waals surface area (Å²) in [6.45, 7) is 18.7. The zero-order valence-electron chi connectivity index (χ0n) is 20.1. The topological polar surface area (TPSA) is 51.2 Å². The van der Waals surface area contributed by atoms with Gasteiger partial charge in [-0.05, 0) is 71.3 Å². The molecule has 3 heterocycles. The second kappa shape index (κ2) is 7.78. The molecule has 0 radical (unpaired) electrons. The van der Waals surface area contributed by atoms with E-state index in [9.17, 15) is 4.79 Å². The van der Waals surface area contributed by atoms with Gasteiger partial charge in [0.1, 0.15) is 5.60 Å². The first-order valence-corrected chi connectivity index (χ1v) is 11.5. The number of benzene rings is 1. The van der Waals surface area contributed by atoms with E-state index in [0.717, 1.165) is 38.2 Å². The Bertz CT molecular complexity index is 788. The molecule has 0 spiro atoms. The van der Waals surface area contributed by atoms with Gasteiger partial charge in [0.25, 0.3) is 0 Å². The van der Waals surface area contributed by atoms with Gasteiger partial charge in [-0.25, -0.2) is 4.79 Å². The van der Waals surface area contributed by atoms with Crippen molar-refractivity contribution >= 4 is 18.7 Å². The Labute approximate surface area is 187 Å². The normalized spacial score (nSPS) is 27.6. The van der Waals surface area contributed by atoms with Crippen LogP contribution in [0.25, 0.3) is 0 Å². The minimum absolute atomic E-state index is 0.174. The molecule has 4 rings (SSSR count). The number of nitrogens with zero attached hydrogens (tertiary/aromatic N) is 2. The van der Waals surface area contributed by atoms with Gasteiger partial charge >= 0.3 is 13.2 Å². The smallest absolute Gasteiger partial charge is 0.444 e. The average molecular weight is 428 g/mol.